The van der Waals surface area contributed by atoms with Gasteiger partial charge in [0.05, 0.1) is 12.1 Å². The molecule has 1 heterocycles. The van der Waals surface area contributed by atoms with Crippen LogP contribution < -0.4 is 0 Å². The summed E-state index contributed by atoms with van der Waals surface area (Å²) in [7, 11) is 0. The lowest BCUT2D eigenvalue weighted by atomic mass is 10.1. The molecule has 2 atom stereocenters. The van der Waals surface area contributed by atoms with Gasteiger partial charge in [-0.25, -0.2) is 0 Å². The summed E-state index contributed by atoms with van der Waals surface area (Å²) in [5.74, 6) is 0. The highest BCUT2D eigenvalue weighted by molar-refractivity contribution is 5.65. The van der Waals surface area contributed by atoms with Gasteiger partial charge < -0.3 is 4.90 Å². The van der Waals surface area contributed by atoms with Crippen molar-refractivity contribution in [1.29, 1.82) is 0 Å². The number of nitrogens with zero attached hydrogens (tertiary/aromatic N) is 1. The Kier molecular flexibility index (Phi) is 2.67. The van der Waals surface area contributed by atoms with Gasteiger partial charge in [-0.2, -0.15) is 0 Å². The van der Waals surface area contributed by atoms with E-state index in [-0.39, 0.29) is 0 Å². The summed E-state index contributed by atoms with van der Waals surface area (Å²) < 4.78 is 0. The zero-order chi connectivity index (χ0) is 12.5. The normalized spacial score (nSPS) is 21.7. The maximum Gasteiger partial charge on any atom is 0.0747 e. The Bertz CT molecular complexity index is 544. The van der Waals surface area contributed by atoms with Gasteiger partial charge in [0.15, 0.2) is 0 Å². The summed E-state index contributed by atoms with van der Waals surface area (Å²) in [6.07, 6.45) is 0. The van der Waals surface area contributed by atoms with Gasteiger partial charge in [-0.3, -0.25) is 0 Å². The molecule has 1 aliphatic rings. The summed E-state index contributed by atoms with van der Waals surface area (Å²) in [6.45, 7) is 6.49. The lowest BCUT2D eigenvalue weighted by Crippen LogP contribution is -1.98. The summed E-state index contributed by atoms with van der Waals surface area (Å²) in [5.41, 5.74) is 3.71. The molecule has 0 aromatic heterocycles. The van der Waals surface area contributed by atoms with Crippen LogP contribution in [0.1, 0.15) is 24.1 Å². The van der Waals surface area contributed by atoms with E-state index in [1.807, 2.05) is 6.07 Å². The van der Waals surface area contributed by atoms with Crippen LogP contribution in [-0.2, 0) is 0 Å². The third-order valence-corrected chi connectivity index (χ3v) is 3.67. The van der Waals surface area contributed by atoms with E-state index < -0.39 is 0 Å². The van der Waals surface area contributed by atoms with Gasteiger partial charge in [-0.15, -0.1) is 0 Å². The molecule has 1 saturated heterocycles. The maximum absolute atomic E-state index is 4.24. The van der Waals surface area contributed by atoms with Crippen molar-refractivity contribution in [2.24, 2.45) is 0 Å². The summed E-state index contributed by atoms with van der Waals surface area (Å²) in [6, 6.07) is 22.1. The monoisotopic (exact) mass is 235 g/mol. The second kappa shape index (κ2) is 4.34. The first-order valence-electron chi connectivity index (χ1n) is 6.36. The highest BCUT2D eigenvalue weighted by Crippen LogP contribution is 2.48. The Morgan fingerprint density at radius 2 is 1.50 bits per heavy atom. The highest BCUT2D eigenvalue weighted by Gasteiger charge is 2.45. The van der Waals surface area contributed by atoms with Crippen LogP contribution in [0.3, 0.4) is 0 Å². The van der Waals surface area contributed by atoms with Gasteiger partial charge in [-0.05, 0) is 18.1 Å². The fraction of sp³-hybridized carbons (Fsp3) is 0.176. The molecule has 1 aliphatic heterocycles. The molecule has 1 fully saturated rings. The minimum absolute atomic E-state index is 0.485. The largest absolute Gasteiger partial charge is 0.357 e. The Labute approximate surface area is 108 Å². The average molecular weight is 235 g/mol. The summed E-state index contributed by atoms with van der Waals surface area (Å²) in [5, 5.41) is 0. The van der Waals surface area contributed by atoms with Crippen LogP contribution in [0, 0.1) is 0 Å². The zero-order valence-electron chi connectivity index (χ0n) is 10.6. The quantitative estimate of drug-likeness (QED) is 0.724. The zero-order valence-corrected chi connectivity index (χ0v) is 10.6. The van der Waals surface area contributed by atoms with Gasteiger partial charge in [0.2, 0.25) is 0 Å². The van der Waals surface area contributed by atoms with Crippen molar-refractivity contribution in [3.63, 3.8) is 0 Å². The minimum Gasteiger partial charge on any atom is -0.357 e. The Balaban J connectivity index is 1.82. The molecule has 2 aromatic carbocycles. The van der Waals surface area contributed by atoms with E-state index in [1.165, 1.54) is 11.1 Å². The first kappa shape index (κ1) is 11.1. The average Bonchev–Trinajstić information content (AvgIpc) is 3.11. The number of hydrogen-bond acceptors (Lipinski definition) is 1. The van der Waals surface area contributed by atoms with E-state index in [2.05, 4.69) is 73.0 Å². The molecule has 3 rings (SSSR count). The predicted octanol–water partition coefficient (Wildman–Crippen LogP) is 4.10. The predicted molar refractivity (Wildman–Crippen MR) is 76.0 cm³/mol. The summed E-state index contributed by atoms with van der Waals surface area (Å²) in [4.78, 5) is 2.38. The molecule has 18 heavy (non-hydrogen) atoms. The van der Waals surface area contributed by atoms with Crippen LogP contribution in [0.2, 0.25) is 0 Å². The van der Waals surface area contributed by atoms with Crippen molar-refractivity contribution in [3.05, 3.63) is 78.4 Å². The maximum atomic E-state index is 4.24. The van der Waals surface area contributed by atoms with Crippen molar-refractivity contribution in [2.45, 2.75) is 19.0 Å². The lowest BCUT2D eigenvalue weighted by Gasteiger charge is -2.10. The van der Waals surface area contributed by atoms with Crippen molar-refractivity contribution in [2.75, 3.05) is 0 Å². The Morgan fingerprint density at radius 3 is 2.11 bits per heavy atom. The molecule has 2 aromatic rings. The van der Waals surface area contributed by atoms with Gasteiger partial charge >= 0.3 is 0 Å². The molecule has 0 aliphatic carbocycles. The summed E-state index contributed by atoms with van der Waals surface area (Å²) >= 11 is 0. The fourth-order valence-corrected chi connectivity index (χ4v) is 2.63. The molecule has 0 saturated carbocycles. The van der Waals surface area contributed by atoms with E-state index in [4.69, 9.17) is 0 Å². The topological polar surface area (TPSA) is 3.01 Å². The molecular weight excluding hydrogens is 218 g/mol. The molecule has 0 radical (unpaired) electrons. The van der Waals surface area contributed by atoms with E-state index in [0.717, 1.165) is 5.70 Å². The standard InChI is InChI=1S/C17H17N/c1-13(15-9-5-3-6-10-15)18-14(2)17(18)16-11-7-4-8-12-16/h3-12,14,17H,1H2,2H3/t14-,17-,18?/m1/s1. The van der Waals surface area contributed by atoms with Crippen LogP contribution >= 0.6 is 0 Å². The van der Waals surface area contributed by atoms with Crippen molar-refractivity contribution in [3.8, 4) is 0 Å². The molecule has 0 amide bonds. The van der Waals surface area contributed by atoms with E-state index >= 15 is 0 Å². The van der Waals surface area contributed by atoms with Gasteiger partial charge in [0, 0.05) is 5.70 Å². The SMILES string of the molecule is C=C(c1ccccc1)N1[C@H](C)[C@@H]1c1ccccc1. The van der Waals surface area contributed by atoms with Gasteiger partial charge in [-0.1, -0.05) is 67.2 Å². The first-order valence-corrected chi connectivity index (χ1v) is 6.36. The van der Waals surface area contributed by atoms with Gasteiger partial charge in [0.25, 0.3) is 0 Å². The van der Waals surface area contributed by atoms with Crippen LogP contribution in [0.4, 0.5) is 0 Å². The van der Waals surface area contributed by atoms with Crippen molar-refractivity contribution in [1.82, 2.24) is 4.90 Å². The molecule has 1 heteroatoms. The molecule has 0 N–H and O–H groups in total. The molecule has 1 nitrogen and oxygen atoms in total. The van der Waals surface area contributed by atoms with Crippen LogP contribution in [0.15, 0.2) is 67.2 Å². The molecule has 0 spiro atoms. The Morgan fingerprint density at radius 1 is 0.944 bits per heavy atom. The third kappa shape index (κ3) is 1.82. The number of benzene rings is 2. The molecular formula is C17H17N. The van der Waals surface area contributed by atoms with Crippen molar-refractivity contribution < 1.29 is 0 Å². The number of rotatable bonds is 3. The van der Waals surface area contributed by atoms with Gasteiger partial charge in [0.1, 0.15) is 0 Å². The minimum atomic E-state index is 0.485. The van der Waals surface area contributed by atoms with E-state index in [9.17, 15) is 0 Å². The van der Waals surface area contributed by atoms with E-state index in [1.54, 1.807) is 0 Å². The number of hydrogen-bond donors (Lipinski definition) is 0. The lowest BCUT2D eigenvalue weighted by molar-refractivity contribution is 0.694. The third-order valence-electron chi connectivity index (χ3n) is 3.67. The van der Waals surface area contributed by atoms with Crippen molar-refractivity contribution >= 4 is 5.70 Å². The molecule has 0 bridgehead atoms. The first-order chi connectivity index (χ1) is 8.79. The molecule has 90 valence electrons. The Hall–Kier alpha value is -2.02. The highest BCUT2D eigenvalue weighted by atomic mass is 15.4. The smallest absolute Gasteiger partial charge is 0.0747 e. The van der Waals surface area contributed by atoms with Crippen LogP contribution in [-0.4, -0.2) is 10.9 Å². The molecule has 0 unspecified atom stereocenters. The van der Waals surface area contributed by atoms with Crippen LogP contribution in [0.5, 0.6) is 0 Å². The second-order valence-electron chi connectivity index (χ2n) is 4.82. The fourth-order valence-electron chi connectivity index (χ4n) is 2.63. The second-order valence-corrected chi connectivity index (χ2v) is 4.82. The van der Waals surface area contributed by atoms with Crippen LogP contribution in [0.25, 0.3) is 5.70 Å². The van der Waals surface area contributed by atoms with E-state index in [0.29, 0.717) is 12.1 Å².